The molecule has 0 saturated carbocycles. The Morgan fingerprint density at radius 3 is 1.98 bits per heavy atom. The van der Waals surface area contributed by atoms with Crippen LogP contribution in [0.4, 0.5) is 4.39 Å². The number of nitrogens with zero attached hydrogens (tertiary/aromatic N) is 2. The zero-order valence-electron chi connectivity index (χ0n) is 27.6. The summed E-state index contributed by atoms with van der Waals surface area (Å²) in [6, 6.07) is 14.7. The molecule has 2 aromatic carbocycles. The van der Waals surface area contributed by atoms with E-state index >= 15 is 0 Å². The number of rotatable bonds is 21. The molecule has 2 aromatic rings. The normalized spacial score (nSPS) is 15.4. The molecular weight excluding hydrogens is 551 g/mol. The summed E-state index contributed by atoms with van der Waals surface area (Å²) < 4.78 is 24.3. The van der Waals surface area contributed by atoms with Crippen molar-refractivity contribution in [3.05, 3.63) is 59.4 Å². The molecule has 44 heavy (non-hydrogen) atoms. The number of ether oxygens (including phenoxy) is 2. The largest absolute Gasteiger partial charge is 0.493 e. The SMILES string of the molecule is CCCCCCCCCCC(C#N)(CCCCCCN1CCC(C(=O)c2ccc(F)cc2)CC1)c1ccc(OC)c(OC)c1. The number of piperidine rings is 1. The third-order valence-electron chi connectivity index (χ3n) is 9.52. The molecule has 1 aliphatic rings. The third-order valence-corrected chi connectivity index (χ3v) is 9.52. The Hall–Kier alpha value is -2.91. The highest BCUT2D eigenvalue weighted by atomic mass is 19.1. The van der Waals surface area contributed by atoms with Gasteiger partial charge in [-0.05, 0) is 93.7 Å². The number of carbonyl (C=O) groups is 1. The molecule has 1 unspecified atom stereocenters. The van der Waals surface area contributed by atoms with Gasteiger partial charge in [-0.15, -0.1) is 0 Å². The van der Waals surface area contributed by atoms with E-state index in [1.54, 1.807) is 26.4 Å². The minimum absolute atomic E-state index is 0.0356. The summed E-state index contributed by atoms with van der Waals surface area (Å²) in [5.41, 5.74) is 1.15. The number of halogens is 1. The maximum absolute atomic E-state index is 13.2. The Bertz CT molecular complexity index is 1150. The smallest absolute Gasteiger partial charge is 0.166 e. The van der Waals surface area contributed by atoms with Crippen molar-refractivity contribution in [2.45, 2.75) is 115 Å². The molecule has 1 fully saturated rings. The number of carbonyl (C=O) groups excluding carboxylic acids is 1. The molecule has 0 radical (unpaired) electrons. The number of hydrogen-bond donors (Lipinski definition) is 0. The number of hydrogen-bond acceptors (Lipinski definition) is 5. The van der Waals surface area contributed by atoms with Crippen LogP contribution in [0.5, 0.6) is 11.5 Å². The van der Waals surface area contributed by atoms with E-state index in [-0.39, 0.29) is 17.5 Å². The summed E-state index contributed by atoms with van der Waals surface area (Å²) in [4.78, 5) is 15.3. The average molecular weight is 607 g/mol. The van der Waals surface area contributed by atoms with Crippen molar-refractivity contribution in [3.63, 3.8) is 0 Å². The van der Waals surface area contributed by atoms with E-state index in [1.807, 2.05) is 12.1 Å². The summed E-state index contributed by atoms with van der Waals surface area (Å²) in [6.45, 7) is 5.18. The van der Waals surface area contributed by atoms with E-state index < -0.39 is 5.41 Å². The second-order valence-corrected chi connectivity index (χ2v) is 12.6. The second kappa shape index (κ2) is 19.5. The Morgan fingerprint density at radius 1 is 0.841 bits per heavy atom. The number of nitriles is 1. The molecule has 5 nitrogen and oxygen atoms in total. The Balaban J connectivity index is 1.45. The quantitative estimate of drug-likeness (QED) is 0.105. The van der Waals surface area contributed by atoms with Crippen LogP contribution in [-0.4, -0.2) is 44.5 Å². The van der Waals surface area contributed by atoms with Crippen LogP contribution >= 0.6 is 0 Å². The van der Waals surface area contributed by atoms with Gasteiger partial charge in [0.25, 0.3) is 0 Å². The summed E-state index contributed by atoms with van der Waals surface area (Å²) in [7, 11) is 3.30. The Kier molecular flexibility index (Phi) is 15.7. The molecule has 1 saturated heterocycles. The summed E-state index contributed by atoms with van der Waals surface area (Å²) in [5.74, 6) is 1.25. The zero-order chi connectivity index (χ0) is 31.6. The molecule has 242 valence electrons. The maximum atomic E-state index is 13.2. The van der Waals surface area contributed by atoms with Crippen molar-refractivity contribution >= 4 is 5.78 Å². The van der Waals surface area contributed by atoms with E-state index in [0.29, 0.717) is 17.1 Å². The molecule has 1 heterocycles. The number of methoxy groups -OCH3 is 2. The van der Waals surface area contributed by atoms with Crippen molar-refractivity contribution in [3.8, 4) is 17.6 Å². The standard InChI is InChI=1S/C38H55FN2O3/c1-4-5-6-7-8-9-10-13-24-38(30-40,33-18-21-35(43-2)36(29-33)44-3)25-14-11-12-15-26-41-27-22-32(23-28-41)37(42)31-16-19-34(39)20-17-31/h16-21,29,32H,4-15,22-28H2,1-3H3. The number of Topliss-reactive ketones (excluding diaryl/α,β-unsaturated/α-hetero) is 1. The molecular formula is C38H55FN2O3. The van der Waals surface area contributed by atoms with Gasteiger partial charge in [0, 0.05) is 11.5 Å². The van der Waals surface area contributed by atoms with Crippen LogP contribution in [0.25, 0.3) is 0 Å². The van der Waals surface area contributed by atoms with Crippen molar-refractivity contribution in [2.24, 2.45) is 5.92 Å². The molecule has 1 aliphatic heterocycles. The van der Waals surface area contributed by atoms with Crippen LogP contribution in [0.3, 0.4) is 0 Å². The maximum Gasteiger partial charge on any atom is 0.166 e. The van der Waals surface area contributed by atoms with Crippen LogP contribution in [-0.2, 0) is 5.41 Å². The van der Waals surface area contributed by atoms with Gasteiger partial charge >= 0.3 is 0 Å². The molecule has 1 atom stereocenters. The predicted molar refractivity (Wildman–Crippen MR) is 177 cm³/mol. The fraction of sp³-hybridized carbons (Fsp3) is 0.632. The first-order chi connectivity index (χ1) is 21.5. The molecule has 0 spiro atoms. The lowest BCUT2D eigenvalue weighted by molar-refractivity contribution is 0.0838. The molecule has 0 bridgehead atoms. The van der Waals surface area contributed by atoms with Crippen LogP contribution in [0.15, 0.2) is 42.5 Å². The van der Waals surface area contributed by atoms with E-state index in [1.165, 1.54) is 57.1 Å². The molecule has 0 aromatic heterocycles. The first kappa shape index (κ1) is 35.6. The molecule has 0 aliphatic carbocycles. The Labute approximate surface area is 266 Å². The molecule has 3 rings (SSSR count). The van der Waals surface area contributed by atoms with Gasteiger partial charge in [-0.25, -0.2) is 4.39 Å². The fourth-order valence-corrected chi connectivity index (χ4v) is 6.67. The van der Waals surface area contributed by atoms with E-state index in [9.17, 15) is 14.4 Å². The van der Waals surface area contributed by atoms with Gasteiger partial charge in [-0.1, -0.05) is 83.6 Å². The van der Waals surface area contributed by atoms with E-state index in [4.69, 9.17) is 9.47 Å². The van der Waals surface area contributed by atoms with Gasteiger partial charge in [0.05, 0.1) is 25.7 Å². The second-order valence-electron chi connectivity index (χ2n) is 12.6. The van der Waals surface area contributed by atoms with Crippen molar-refractivity contribution in [2.75, 3.05) is 33.9 Å². The fourth-order valence-electron chi connectivity index (χ4n) is 6.67. The molecule has 0 N–H and O–H groups in total. The van der Waals surface area contributed by atoms with Gasteiger partial charge < -0.3 is 14.4 Å². The minimum atomic E-state index is -0.513. The van der Waals surface area contributed by atoms with Crippen LogP contribution < -0.4 is 9.47 Å². The highest BCUT2D eigenvalue weighted by Gasteiger charge is 2.32. The number of benzene rings is 2. The topological polar surface area (TPSA) is 62.6 Å². The third kappa shape index (κ3) is 10.9. The lowest BCUT2D eigenvalue weighted by atomic mass is 9.73. The predicted octanol–water partition coefficient (Wildman–Crippen LogP) is 9.68. The number of unbranched alkanes of at least 4 members (excludes halogenated alkanes) is 10. The summed E-state index contributed by atoms with van der Waals surface area (Å²) in [6.07, 6.45) is 17.9. The van der Waals surface area contributed by atoms with Gasteiger partial charge in [-0.3, -0.25) is 4.79 Å². The lowest BCUT2D eigenvalue weighted by Gasteiger charge is -2.31. The van der Waals surface area contributed by atoms with Crippen LogP contribution in [0, 0.1) is 23.1 Å². The van der Waals surface area contributed by atoms with Crippen molar-refractivity contribution < 1.29 is 18.7 Å². The summed E-state index contributed by atoms with van der Waals surface area (Å²) >= 11 is 0. The molecule has 6 heteroatoms. The lowest BCUT2D eigenvalue weighted by Crippen LogP contribution is -2.36. The van der Waals surface area contributed by atoms with Gasteiger partial charge in [0.1, 0.15) is 5.82 Å². The highest BCUT2D eigenvalue weighted by molar-refractivity contribution is 5.97. The van der Waals surface area contributed by atoms with Gasteiger partial charge in [-0.2, -0.15) is 5.26 Å². The van der Waals surface area contributed by atoms with Crippen LogP contribution in [0.2, 0.25) is 0 Å². The van der Waals surface area contributed by atoms with Crippen molar-refractivity contribution in [1.82, 2.24) is 4.90 Å². The average Bonchev–Trinajstić information content (AvgIpc) is 3.06. The Morgan fingerprint density at radius 2 is 1.41 bits per heavy atom. The molecule has 0 amide bonds. The summed E-state index contributed by atoms with van der Waals surface area (Å²) in [5, 5.41) is 10.6. The van der Waals surface area contributed by atoms with E-state index in [0.717, 1.165) is 83.0 Å². The monoisotopic (exact) mass is 606 g/mol. The first-order valence-corrected chi connectivity index (χ1v) is 17.1. The van der Waals surface area contributed by atoms with Gasteiger partial charge in [0.2, 0.25) is 0 Å². The number of ketones is 1. The van der Waals surface area contributed by atoms with Crippen molar-refractivity contribution in [1.29, 1.82) is 5.26 Å². The minimum Gasteiger partial charge on any atom is -0.493 e. The van der Waals surface area contributed by atoms with E-state index in [2.05, 4.69) is 24.0 Å². The zero-order valence-corrected chi connectivity index (χ0v) is 27.6. The van der Waals surface area contributed by atoms with Crippen LogP contribution in [0.1, 0.15) is 126 Å². The highest BCUT2D eigenvalue weighted by Crippen LogP contribution is 2.39. The van der Waals surface area contributed by atoms with Gasteiger partial charge in [0.15, 0.2) is 17.3 Å². The number of likely N-dealkylation sites (tertiary alicyclic amines) is 1. The first-order valence-electron chi connectivity index (χ1n) is 17.1.